The molecule has 0 N–H and O–H groups in total. The number of rotatable bonds is 4. The van der Waals surface area contributed by atoms with Crippen LogP contribution in [0.2, 0.25) is 0 Å². The smallest absolute Gasteiger partial charge is 0.233 e. The first-order chi connectivity index (χ1) is 9.84. The molecule has 2 aromatic heterocycles. The van der Waals surface area contributed by atoms with Gasteiger partial charge in [0.15, 0.2) is 0 Å². The van der Waals surface area contributed by atoms with E-state index in [1.807, 2.05) is 41.3 Å². The molecule has 1 unspecified atom stereocenters. The first-order valence-corrected chi connectivity index (χ1v) is 7.61. The molecule has 0 bridgehead atoms. The van der Waals surface area contributed by atoms with Crippen LogP contribution in [0.15, 0.2) is 48.8 Å². The molecule has 1 amide bonds. The minimum absolute atomic E-state index is 0.0346. The number of amides is 1. The highest BCUT2D eigenvalue weighted by molar-refractivity contribution is 8.00. The number of nitrogens with zero attached hydrogens (tertiary/aromatic N) is 3. The fraction of sp³-hybridized carbons (Fsp3) is 0.267. The lowest BCUT2D eigenvalue weighted by atomic mass is 10.2. The predicted octanol–water partition coefficient (Wildman–Crippen LogP) is 2.29. The molecule has 3 rings (SSSR count). The Bertz CT molecular complexity index is 576. The standard InChI is InChI=1S/C15H15N3OS/c19-14-11-20-15(13-6-2-4-9-17-13)18(14)10-7-12-5-1-3-8-16-12/h1-6,8-9,15H,7,10-11H2. The number of hydrogen-bond donors (Lipinski definition) is 0. The van der Waals surface area contributed by atoms with Crippen molar-refractivity contribution >= 4 is 17.7 Å². The quantitative estimate of drug-likeness (QED) is 0.864. The predicted molar refractivity (Wildman–Crippen MR) is 79.1 cm³/mol. The minimum atomic E-state index is 0.0346. The van der Waals surface area contributed by atoms with E-state index in [0.29, 0.717) is 12.3 Å². The molecule has 1 aliphatic heterocycles. The van der Waals surface area contributed by atoms with Crippen molar-refractivity contribution in [3.63, 3.8) is 0 Å². The topological polar surface area (TPSA) is 46.1 Å². The van der Waals surface area contributed by atoms with E-state index in [-0.39, 0.29) is 11.3 Å². The summed E-state index contributed by atoms with van der Waals surface area (Å²) >= 11 is 1.64. The molecule has 0 aliphatic carbocycles. The summed E-state index contributed by atoms with van der Waals surface area (Å²) in [6.07, 6.45) is 4.33. The first kappa shape index (κ1) is 13.1. The van der Waals surface area contributed by atoms with Crippen molar-refractivity contribution in [2.45, 2.75) is 11.8 Å². The third kappa shape index (κ3) is 2.82. The summed E-state index contributed by atoms with van der Waals surface area (Å²) in [4.78, 5) is 22.6. The Kier molecular flexibility index (Phi) is 3.97. The van der Waals surface area contributed by atoms with Crippen LogP contribution in [0.1, 0.15) is 16.8 Å². The Morgan fingerprint density at radius 1 is 1.15 bits per heavy atom. The van der Waals surface area contributed by atoms with Crippen molar-refractivity contribution in [2.75, 3.05) is 12.3 Å². The Morgan fingerprint density at radius 3 is 2.65 bits per heavy atom. The Balaban J connectivity index is 1.71. The van der Waals surface area contributed by atoms with E-state index in [0.717, 1.165) is 17.8 Å². The molecule has 20 heavy (non-hydrogen) atoms. The Hall–Kier alpha value is -1.88. The number of pyridine rings is 2. The molecule has 0 saturated carbocycles. The third-order valence-electron chi connectivity index (χ3n) is 3.24. The minimum Gasteiger partial charge on any atom is -0.324 e. The fourth-order valence-electron chi connectivity index (χ4n) is 2.24. The van der Waals surface area contributed by atoms with E-state index >= 15 is 0 Å². The van der Waals surface area contributed by atoms with Gasteiger partial charge in [-0.3, -0.25) is 14.8 Å². The summed E-state index contributed by atoms with van der Waals surface area (Å²) in [6.45, 7) is 0.685. The van der Waals surface area contributed by atoms with Gasteiger partial charge in [-0.2, -0.15) is 0 Å². The van der Waals surface area contributed by atoms with Gasteiger partial charge >= 0.3 is 0 Å². The molecule has 2 aromatic rings. The Labute approximate surface area is 122 Å². The first-order valence-electron chi connectivity index (χ1n) is 6.56. The maximum atomic E-state index is 12.0. The molecule has 5 heteroatoms. The maximum absolute atomic E-state index is 12.0. The van der Waals surface area contributed by atoms with E-state index in [1.165, 1.54) is 0 Å². The number of aromatic nitrogens is 2. The molecule has 0 radical (unpaired) electrons. The SMILES string of the molecule is O=C1CSC(c2ccccn2)N1CCc1ccccn1. The van der Waals surface area contributed by atoms with Gasteiger partial charge in [-0.1, -0.05) is 12.1 Å². The number of hydrogen-bond acceptors (Lipinski definition) is 4. The third-order valence-corrected chi connectivity index (χ3v) is 4.47. The van der Waals surface area contributed by atoms with Gasteiger partial charge in [0.25, 0.3) is 0 Å². The molecular formula is C15H15N3OS. The second-order valence-corrected chi connectivity index (χ2v) is 5.64. The van der Waals surface area contributed by atoms with E-state index in [1.54, 1.807) is 24.2 Å². The second kappa shape index (κ2) is 6.05. The highest BCUT2D eigenvalue weighted by Gasteiger charge is 2.33. The van der Waals surface area contributed by atoms with Gasteiger partial charge in [-0.25, -0.2) is 0 Å². The normalized spacial score (nSPS) is 18.5. The van der Waals surface area contributed by atoms with Crippen LogP contribution in [0.5, 0.6) is 0 Å². The van der Waals surface area contributed by atoms with Crippen LogP contribution in [0, 0.1) is 0 Å². The lowest BCUT2D eigenvalue weighted by molar-refractivity contribution is -0.128. The van der Waals surface area contributed by atoms with Crippen molar-refractivity contribution < 1.29 is 4.79 Å². The number of carbonyl (C=O) groups excluding carboxylic acids is 1. The van der Waals surface area contributed by atoms with Crippen molar-refractivity contribution in [1.82, 2.24) is 14.9 Å². The highest BCUT2D eigenvalue weighted by atomic mass is 32.2. The summed E-state index contributed by atoms with van der Waals surface area (Å²) in [5, 5.41) is 0.0346. The Morgan fingerprint density at radius 2 is 1.95 bits per heavy atom. The van der Waals surface area contributed by atoms with Gasteiger partial charge in [-0.05, 0) is 24.3 Å². The number of thioether (sulfide) groups is 1. The van der Waals surface area contributed by atoms with Gasteiger partial charge in [0.1, 0.15) is 5.37 Å². The molecule has 1 fully saturated rings. The van der Waals surface area contributed by atoms with Crippen LogP contribution in [0.25, 0.3) is 0 Å². The van der Waals surface area contributed by atoms with Gasteiger partial charge in [-0.15, -0.1) is 11.8 Å². The monoisotopic (exact) mass is 285 g/mol. The van der Waals surface area contributed by atoms with Gasteiger partial charge in [0.05, 0.1) is 11.4 Å². The molecule has 0 aromatic carbocycles. The van der Waals surface area contributed by atoms with Crippen LogP contribution in [0.3, 0.4) is 0 Å². The zero-order valence-corrected chi connectivity index (χ0v) is 11.8. The summed E-state index contributed by atoms with van der Waals surface area (Å²) in [6, 6.07) is 11.7. The molecule has 1 aliphatic rings. The lowest BCUT2D eigenvalue weighted by Crippen LogP contribution is -2.30. The van der Waals surface area contributed by atoms with Crippen LogP contribution >= 0.6 is 11.8 Å². The van der Waals surface area contributed by atoms with Crippen molar-refractivity contribution in [3.8, 4) is 0 Å². The van der Waals surface area contributed by atoms with Crippen LogP contribution < -0.4 is 0 Å². The molecule has 1 saturated heterocycles. The molecular weight excluding hydrogens is 270 g/mol. The van der Waals surface area contributed by atoms with Crippen LogP contribution in [0.4, 0.5) is 0 Å². The van der Waals surface area contributed by atoms with Crippen molar-refractivity contribution in [1.29, 1.82) is 0 Å². The van der Waals surface area contributed by atoms with E-state index in [4.69, 9.17) is 0 Å². The van der Waals surface area contributed by atoms with Crippen molar-refractivity contribution in [3.05, 3.63) is 60.2 Å². The van der Waals surface area contributed by atoms with E-state index < -0.39 is 0 Å². The molecule has 1 atom stereocenters. The van der Waals surface area contributed by atoms with Gasteiger partial charge in [0.2, 0.25) is 5.91 Å². The number of carbonyl (C=O) groups is 1. The summed E-state index contributed by atoms with van der Waals surface area (Å²) < 4.78 is 0. The average molecular weight is 285 g/mol. The van der Waals surface area contributed by atoms with Crippen molar-refractivity contribution in [2.24, 2.45) is 0 Å². The van der Waals surface area contributed by atoms with Crippen LogP contribution in [-0.4, -0.2) is 33.1 Å². The van der Waals surface area contributed by atoms with Crippen LogP contribution in [-0.2, 0) is 11.2 Å². The zero-order chi connectivity index (χ0) is 13.8. The molecule has 3 heterocycles. The largest absolute Gasteiger partial charge is 0.324 e. The summed E-state index contributed by atoms with van der Waals surface area (Å²) in [7, 11) is 0. The lowest BCUT2D eigenvalue weighted by Gasteiger charge is -2.23. The summed E-state index contributed by atoms with van der Waals surface area (Å²) in [5.41, 5.74) is 1.96. The molecule has 102 valence electrons. The molecule has 4 nitrogen and oxygen atoms in total. The summed E-state index contributed by atoms with van der Waals surface area (Å²) in [5.74, 6) is 0.713. The maximum Gasteiger partial charge on any atom is 0.233 e. The second-order valence-electron chi connectivity index (χ2n) is 4.58. The highest BCUT2D eigenvalue weighted by Crippen LogP contribution is 2.37. The fourth-order valence-corrected chi connectivity index (χ4v) is 3.42. The zero-order valence-electron chi connectivity index (χ0n) is 11.0. The van der Waals surface area contributed by atoms with E-state index in [2.05, 4.69) is 9.97 Å². The molecule has 0 spiro atoms. The van der Waals surface area contributed by atoms with Gasteiger partial charge in [0, 0.05) is 31.1 Å². The average Bonchev–Trinajstić information content (AvgIpc) is 2.88. The van der Waals surface area contributed by atoms with E-state index in [9.17, 15) is 4.79 Å². The van der Waals surface area contributed by atoms with Gasteiger partial charge < -0.3 is 4.90 Å².